The summed E-state index contributed by atoms with van der Waals surface area (Å²) < 4.78 is 70.7. The molecular formula is C14H5ClF5NO4. The number of halogens is 6. The molecule has 2 aromatic carbocycles. The van der Waals surface area contributed by atoms with Crippen molar-refractivity contribution in [1.29, 1.82) is 0 Å². The summed E-state index contributed by atoms with van der Waals surface area (Å²) in [6.45, 7) is 0. The molecule has 0 bridgehead atoms. The van der Waals surface area contributed by atoms with Crippen LogP contribution < -0.4 is 4.74 Å². The van der Waals surface area contributed by atoms with Gasteiger partial charge in [-0.2, -0.15) is 0 Å². The van der Waals surface area contributed by atoms with Crippen molar-refractivity contribution in [3.05, 3.63) is 68.0 Å². The molecule has 0 aliphatic rings. The predicted molar refractivity (Wildman–Crippen MR) is 73.7 cm³/mol. The highest BCUT2D eigenvalue weighted by Gasteiger charge is 2.27. The molecule has 0 N–H and O–H groups in total. The molecule has 0 radical (unpaired) electrons. The van der Waals surface area contributed by atoms with Crippen LogP contribution in [0.25, 0.3) is 0 Å². The van der Waals surface area contributed by atoms with E-state index >= 15 is 0 Å². The van der Waals surface area contributed by atoms with E-state index in [1.54, 1.807) is 0 Å². The van der Waals surface area contributed by atoms with Gasteiger partial charge in [0.15, 0.2) is 23.3 Å². The van der Waals surface area contributed by atoms with Crippen LogP contribution in [0.4, 0.5) is 27.6 Å². The lowest BCUT2D eigenvalue weighted by Gasteiger charge is -2.09. The summed E-state index contributed by atoms with van der Waals surface area (Å²) in [6, 6.07) is 2.73. The number of hydrogen-bond acceptors (Lipinski definition) is 4. The van der Waals surface area contributed by atoms with E-state index in [1.807, 2.05) is 0 Å². The van der Waals surface area contributed by atoms with Crippen molar-refractivity contribution in [2.75, 3.05) is 0 Å². The van der Waals surface area contributed by atoms with Crippen LogP contribution in [0, 0.1) is 39.2 Å². The van der Waals surface area contributed by atoms with Crippen molar-refractivity contribution in [3.8, 4) is 5.75 Å². The lowest BCUT2D eigenvalue weighted by Crippen LogP contribution is -2.16. The summed E-state index contributed by atoms with van der Waals surface area (Å²) in [5.74, 6) is -12.9. The standard InChI is InChI=1S/C14H5ClF5NO4/c15-7-3-5(21(23)24)1-2-8(7)25-9(22)4-6-10(16)12(18)14(20)13(19)11(6)17/h1-3H,4H2. The van der Waals surface area contributed by atoms with Crippen molar-refractivity contribution in [1.82, 2.24) is 0 Å². The Bertz CT molecular complexity index is 861. The lowest BCUT2D eigenvalue weighted by molar-refractivity contribution is -0.384. The molecule has 0 aliphatic carbocycles. The van der Waals surface area contributed by atoms with E-state index < -0.39 is 57.7 Å². The third-order valence-electron chi connectivity index (χ3n) is 2.97. The first-order chi connectivity index (χ1) is 11.6. The van der Waals surface area contributed by atoms with Gasteiger partial charge in [-0.3, -0.25) is 14.9 Å². The molecule has 2 rings (SSSR count). The molecule has 0 aliphatic heterocycles. The van der Waals surface area contributed by atoms with Crippen LogP contribution in [0.2, 0.25) is 5.02 Å². The van der Waals surface area contributed by atoms with Crippen LogP contribution in [0.1, 0.15) is 5.56 Å². The monoisotopic (exact) mass is 381 g/mol. The first-order valence-corrected chi connectivity index (χ1v) is 6.66. The van der Waals surface area contributed by atoms with Gasteiger partial charge in [-0.15, -0.1) is 0 Å². The number of esters is 1. The van der Waals surface area contributed by atoms with Crippen LogP contribution in [0.5, 0.6) is 5.75 Å². The molecule has 0 saturated heterocycles. The number of non-ortho nitro benzene ring substituents is 1. The maximum atomic E-state index is 13.5. The summed E-state index contributed by atoms with van der Waals surface area (Å²) in [5.41, 5.74) is -1.79. The topological polar surface area (TPSA) is 69.4 Å². The Labute approximate surface area is 140 Å². The van der Waals surface area contributed by atoms with E-state index in [1.165, 1.54) is 0 Å². The summed E-state index contributed by atoms with van der Waals surface area (Å²) in [5, 5.41) is 10.2. The van der Waals surface area contributed by atoms with E-state index in [-0.39, 0.29) is 10.8 Å². The van der Waals surface area contributed by atoms with Crippen molar-refractivity contribution in [2.24, 2.45) is 0 Å². The molecule has 0 amide bonds. The van der Waals surface area contributed by atoms with Gasteiger partial charge in [-0.05, 0) is 6.07 Å². The number of nitro benzene ring substituents is 1. The number of hydrogen-bond donors (Lipinski definition) is 0. The smallest absolute Gasteiger partial charge is 0.315 e. The quantitative estimate of drug-likeness (QED) is 0.152. The summed E-state index contributed by atoms with van der Waals surface area (Å²) in [7, 11) is 0. The van der Waals surface area contributed by atoms with Gasteiger partial charge >= 0.3 is 5.97 Å². The van der Waals surface area contributed by atoms with Crippen LogP contribution in [0.3, 0.4) is 0 Å². The van der Waals surface area contributed by atoms with Crippen molar-refractivity contribution < 1.29 is 36.4 Å². The van der Waals surface area contributed by atoms with Crippen LogP contribution >= 0.6 is 11.6 Å². The average molecular weight is 382 g/mol. The van der Waals surface area contributed by atoms with E-state index in [4.69, 9.17) is 11.6 Å². The number of nitrogens with zero attached hydrogens (tertiary/aromatic N) is 1. The van der Waals surface area contributed by atoms with Gasteiger partial charge in [0.2, 0.25) is 5.82 Å². The average Bonchev–Trinajstić information content (AvgIpc) is 2.56. The fourth-order valence-corrected chi connectivity index (χ4v) is 2.01. The van der Waals surface area contributed by atoms with Gasteiger partial charge < -0.3 is 4.74 Å². The molecule has 0 saturated carbocycles. The molecule has 0 heterocycles. The third kappa shape index (κ3) is 3.68. The minimum atomic E-state index is -2.36. The van der Waals surface area contributed by atoms with E-state index in [2.05, 4.69) is 4.74 Å². The Balaban J connectivity index is 2.26. The summed E-state index contributed by atoms with van der Waals surface area (Å²) in [6.07, 6.45) is -1.28. The molecule has 11 heteroatoms. The molecule has 132 valence electrons. The van der Waals surface area contributed by atoms with E-state index in [0.29, 0.717) is 0 Å². The van der Waals surface area contributed by atoms with Crippen LogP contribution in [0.15, 0.2) is 18.2 Å². The van der Waals surface area contributed by atoms with E-state index in [0.717, 1.165) is 18.2 Å². The van der Waals surface area contributed by atoms with Gasteiger partial charge in [0.05, 0.1) is 16.4 Å². The highest BCUT2D eigenvalue weighted by atomic mass is 35.5. The molecule has 0 aromatic heterocycles. The minimum Gasteiger partial charge on any atom is -0.425 e. The number of carbonyl (C=O) groups is 1. The molecule has 0 atom stereocenters. The number of ether oxygens (including phenoxy) is 1. The number of benzene rings is 2. The Morgan fingerprint density at radius 1 is 1.04 bits per heavy atom. The predicted octanol–water partition coefficient (Wildman–Crippen LogP) is 4.09. The normalized spacial score (nSPS) is 10.6. The fraction of sp³-hybridized carbons (Fsp3) is 0.0714. The second-order valence-corrected chi connectivity index (χ2v) is 4.98. The Hall–Kier alpha value is -2.75. The van der Waals surface area contributed by atoms with Crippen LogP contribution in [-0.4, -0.2) is 10.9 Å². The second-order valence-electron chi connectivity index (χ2n) is 4.57. The number of rotatable bonds is 4. The maximum absolute atomic E-state index is 13.5. The zero-order chi connectivity index (χ0) is 18.9. The highest BCUT2D eigenvalue weighted by molar-refractivity contribution is 6.32. The zero-order valence-electron chi connectivity index (χ0n) is 11.8. The first kappa shape index (κ1) is 18.6. The SMILES string of the molecule is O=C(Cc1c(F)c(F)c(F)c(F)c1F)Oc1ccc([N+](=O)[O-])cc1Cl. The first-order valence-electron chi connectivity index (χ1n) is 6.28. The molecule has 0 spiro atoms. The van der Waals surface area contributed by atoms with Gasteiger partial charge in [-0.25, -0.2) is 22.0 Å². The van der Waals surface area contributed by atoms with Crippen molar-refractivity contribution >= 4 is 23.3 Å². The summed E-state index contributed by atoms with van der Waals surface area (Å²) in [4.78, 5) is 21.5. The maximum Gasteiger partial charge on any atom is 0.315 e. The molecule has 0 unspecified atom stereocenters. The second kappa shape index (κ2) is 7.01. The highest BCUT2D eigenvalue weighted by Crippen LogP contribution is 2.29. The minimum absolute atomic E-state index is 0.361. The molecule has 0 fully saturated rings. The van der Waals surface area contributed by atoms with Crippen molar-refractivity contribution in [2.45, 2.75) is 6.42 Å². The van der Waals surface area contributed by atoms with Crippen LogP contribution in [-0.2, 0) is 11.2 Å². The number of carbonyl (C=O) groups excluding carboxylic acids is 1. The fourth-order valence-electron chi connectivity index (χ4n) is 1.79. The lowest BCUT2D eigenvalue weighted by atomic mass is 10.1. The Kier molecular flexibility index (Phi) is 5.21. The van der Waals surface area contributed by atoms with Gasteiger partial charge in [0.25, 0.3) is 5.69 Å². The molecule has 5 nitrogen and oxygen atoms in total. The van der Waals surface area contributed by atoms with Gasteiger partial charge in [0.1, 0.15) is 5.75 Å². The Morgan fingerprint density at radius 3 is 2.04 bits per heavy atom. The molecule has 25 heavy (non-hydrogen) atoms. The Morgan fingerprint density at radius 2 is 1.56 bits per heavy atom. The van der Waals surface area contributed by atoms with Crippen molar-refractivity contribution in [3.63, 3.8) is 0 Å². The van der Waals surface area contributed by atoms with Gasteiger partial charge in [-0.1, -0.05) is 11.6 Å². The largest absolute Gasteiger partial charge is 0.425 e. The zero-order valence-corrected chi connectivity index (χ0v) is 12.5. The van der Waals surface area contributed by atoms with E-state index in [9.17, 15) is 36.9 Å². The van der Waals surface area contributed by atoms with Gasteiger partial charge in [0, 0.05) is 17.7 Å². The summed E-state index contributed by atoms with van der Waals surface area (Å²) >= 11 is 5.65. The number of nitro groups is 1. The molecule has 2 aromatic rings. The molecular weight excluding hydrogens is 377 g/mol. The third-order valence-corrected chi connectivity index (χ3v) is 3.27.